The van der Waals surface area contributed by atoms with Crippen molar-refractivity contribution in [1.82, 2.24) is 0 Å². The predicted octanol–water partition coefficient (Wildman–Crippen LogP) is 6.55. The maximum Gasteiger partial charge on any atom is 0.178 e. The molecule has 0 aromatic heterocycles. The molecule has 0 radical (unpaired) electrons. The third-order valence-electron chi connectivity index (χ3n) is 5.83. The van der Waals surface area contributed by atoms with E-state index < -0.39 is 16.1 Å². The van der Waals surface area contributed by atoms with Crippen LogP contribution in [0.1, 0.15) is 76.3 Å². The van der Waals surface area contributed by atoms with E-state index in [-0.39, 0.29) is 5.75 Å². The smallest absolute Gasteiger partial charge is 0.178 e. The molecular formula is C27H39NO3S. The van der Waals surface area contributed by atoms with Crippen molar-refractivity contribution in [2.24, 2.45) is 0 Å². The second-order valence-electron chi connectivity index (χ2n) is 8.53. The summed E-state index contributed by atoms with van der Waals surface area (Å²) in [6.45, 7) is 3.94. The number of anilines is 1. The van der Waals surface area contributed by atoms with Gasteiger partial charge in [-0.2, -0.15) is 0 Å². The molecule has 2 aromatic rings. The summed E-state index contributed by atoms with van der Waals surface area (Å²) in [5, 5.41) is 9.65. The number of aliphatic hydroxyl groups excluding tert-OH is 1. The fourth-order valence-corrected chi connectivity index (χ4v) is 4.93. The second kappa shape index (κ2) is 13.4. The van der Waals surface area contributed by atoms with E-state index in [9.17, 15) is 13.5 Å². The van der Waals surface area contributed by atoms with Gasteiger partial charge in [-0.25, -0.2) is 8.42 Å². The highest BCUT2D eigenvalue weighted by Gasteiger charge is 2.13. The first-order chi connectivity index (χ1) is 15.3. The Morgan fingerprint density at radius 3 is 1.78 bits per heavy atom. The van der Waals surface area contributed by atoms with Crippen molar-refractivity contribution in [3.63, 3.8) is 0 Å². The zero-order chi connectivity index (χ0) is 23.4. The van der Waals surface area contributed by atoms with Crippen LogP contribution in [0.5, 0.6) is 0 Å². The Bertz CT molecular complexity index is 916. The minimum absolute atomic E-state index is 0.227. The third kappa shape index (κ3) is 8.79. The molecule has 0 saturated heterocycles. The van der Waals surface area contributed by atoms with Gasteiger partial charge in [-0.15, -0.1) is 0 Å². The van der Waals surface area contributed by atoms with Gasteiger partial charge in [-0.05, 0) is 48.7 Å². The number of unbranched alkanes of at least 4 members (excludes halogenated alkanes) is 7. The first-order valence-electron chi connectivity index (χ1n) is 11.9. The van der Waals surface area contributed by atoms with Crippen molar-refractivity contribution < 1.29 is 13.5 Å². The maximum atomic E-state index is 12.6. The number of hydrogen-bond acceptors (Lipinski definition) is 4. The number of hydrogen-bond donors (Lipinski definition) is 1. The highest BCUT2D eigenvalue weighted by molar-refractivity contribution is 7.91. The van der Waals surface area contributed by atoms with Crippen LogP contribution in [0.3, 0.4) is 0 Å². The van der Waals surface area contributed by atoms with Crippen molar-refractivity contribution in [2.75, 3.05) is 17.7 Å². The lowest BCUT2D eigenvalue weighted by atomic mass is 10.1. The molecule has 2 rings (SSSR count). The molecule has 5 heteroatoms. The molecule has 0 amide bonds. The Morgan fingerprint density at radius 2 is 1.28 bits per heavy atom. The van der Waals surface area contributed by atoms with Gasteiger partial charge in [0.15, 0.2) is 9.84 Å². The largest absolute Gasteiger partial charge is 0.374 e. The lowest BCUT2D eigenvalue weighted by Gasteiger charge is -2.22. The first-order valence-corrected chi connectivity index (χ1v) is 13.5. The number of benzene rings is 2. The third-order valence-corrected chi connectivity index (χ3v) is 7.65. The summed E-state index contributed by atoms with van der Waals surface area (Å²) in [6, 6.07) is 15.0. The molecule has 0 aliphatic rings. The van der Waals surface area contributed by atoms with E-state index in [1.807, 2.05) is 55.6 Å². The maximum absolute atomic E-state index is 12.6. The van der Waals surface area contributed by atoms with Crippen LogP contribution >= 0.6 is 0 Å². The molecule has 0 aliphatic carbocycles. The molecule has 176 valence electrons. The number of sulfone groups is 1. The molecule has 0 aliphatic heterocycles. The summed E-state index contributed by atoms with van der Waals surface area (Å²) >= 11 is 0. The quantitative estimate of drug-likeness (QED) is 0.199. The van der Waals surface area contributed by atoms with E-state index in [1.165, 1.54) is 32.1 Å². The van der Waals surface area contributed by atoms with Gasteiger partial charge in [0.2, 0.25) is 0 Å². The topological polar surface area (TPSA) is 57.6 Å². The van der Waals surface area contributed by atoms with E-state index >= 15 is 0 Å². The van der Waals surface area contributed by atoms with Gasteiger partial charge in [-0.1, -0.05) is 88.3 Å². The standard InChI is InChI=1S/C27H39NO3S/c1-4-5-6-7-8-9-10-11-22-32(30,31)27-20-16-25(17-21-27)13-12-24-14-18-26(19-15-24)28(3)23(2)29/h12-21,23,29H,4-11,22H2,1-3H3. The fourth-order valence-electron chi connectivity index (χ4n) is 3.56. The van der Waals surface area contributed by atoms with Crippen LogP contribution in [0.15, 0.2) is 53.4 Å². The molecule has 0 saturated carbocycles. The Balaban J connectivity index is 1.84. The molecule has 4 nitrogen and oxygen atoms in total. The summed E-state index contributed by atoms with van der Waals surface area (Å²) in [5.74, 6) is 0.227. The summed E-state index contributed by atoms with van der Waals surface area (Å²) in [6.07, 6.45) is 12.6. The summed E-state index contributed by atoms with van der Waals surface area (Å²) in [4.78, 5) is 2.20. The molecule has 2 aromatic carbocycles. The van der Waals surface area contributed by atoms with Gasteiger partial charge in [0, 0.05) is 12.7 Å². The summed E-state index contributed by atoms with van der Waals surface area (Å²) in [7, 11) is -1.37. The van der Waals surface area contributed by atoms with Gasteiger partial charge in [0.05, 0.1) is 10.6 Å². The summed E-state index contributed by atoms with van der Waals surface area (Å²) in [5.41, 5.74) is 2.95. The van der Waals surface area contributed by atoms with Crippen LogP contribution in [0.25, 0.3) is 12.2 Å². The predicted molar refractivity (Wildman–Crippen MR) is 137 cm³/mol. The lowest BCUT2D eigenvalue weighted by Crippen LogP contribution is -2.27. The minimum Gasteiger partial charge on any atom is -0.374 e. The number of nitrogens with zero attached hydrogens (tertiary/aromatic N) is 1. The molecule has 0 heterocycles. The van der Waals surface area contributed by atoms with Gasteiger partial charge >= 0.3 is 0 Å². The Morgan fingerprint density at radius 1 is 0.812 bits per heavy atom. The zero-order valence-electron chi connectivity index (χ0n) is 19.8. The van der Waals surface area contributed by atoms with Crippen LogP contribution in [0.2, 0.25) is 0 Å². The van der Waals surface area contributed by atoms with Crippen molar-refractivity contribution in [2.45, 2.75) is 76.3 Å². The average Bonchev–Trinajstić information content (AvgIpc) is 2.79. The van der Waals surface area contributed by atoms with Gasteiger partial charge in [-0.3, -0.25) is 0 Å². The van der Waals surface area contributed by atoms with Gasteiger partial charge in [0.1, 0.15) is 6.23 Å². The minimum atomic E-state index is -3.21. The second-order valence-corrected chi connectivity index (χ2v) is 10.6. The van der Waals surface area contributed by atoms with Crippen molar-refractivity contribution in [3.8, 4) is 0 Å². The Kier molecular flexibility index (Phi) is 11.0. The Labute approximate surface area is 194 Å². The normalized spacial score (nSPS) is 12.9. The number of rotatable bonds is 14. The molecule has 1 atom stereocenters. The zero-order valence-corrected chi connectivity index (χ0v) is 20.7. The fraction of sp³-hybridized carbons (Fsp3) is 0.481. The molecule has 1 unspecified atom stereocenters. The van der Waals surface area contributed by atoms with Crippen LogP contribution in [0, 0.1) is 0 Å². The summed E-state index contributed by atoms with van der Waals surface area (Å²) < 4.78 is 25.2. The van der Waals surface area contributed by atoms with Gasteiger partial charge < -0.3 is 10.0 Å². The van der Waals surface area contributed by atoms with E-state index in [4.69, 9.17) is 0 Å². The average molecular weight is 458 g/mol. The number of aliphatic hydroxyl groups is 1. The highest BCUT2D eigenvalue weighted by atomic mass is 32.2. The highest BCUT2D eigenvalue weighted by Crippen LogP contribution is 2.19. The molecular weight excluding hydrogens is 418 g/mol. The van der Waals surface area contributed by atoms with E-state index in [1.54, 1.807) is 24.0 Å². The molecule has 0 fully saturated rings. The SMILES string of the molecule is CCCCCCCCCCS(=O)(=O)c1ccc(C=Cc2ccc(N(C)C(C)O)cc2)cc1. The van der Waals surface area contributed by atoms with E-state index in [0.717, 1.165) is 36.1 Å². The van der Waals surface area contributed by atoms with Crippen molar-refractivity contribution in [3.05, 3.63) is 59.7 Å². The molecule has 0 bridgehead atoms. The Hall–Kier alpha value is -2.11. The van der Waals surface area contributed by atoms with Crippen LogP contribution in [0.4, 0.5) is 5.69 Å². The molecule has 1 N–H and O–H groups in total. The monoisotopic (exact) mass is 457 g/mol. The van der Waals surface area contributed by atoms with E-state index in [2.05, 4.69) is 6.92 Å². The molecule has 0 spiro atoms. The van der Waals surface area contributed by atoms with E-state index in [0.29, 0.717) is 4.90 Å². The lowest BCUT2D eigenvalue weighted by molar-refractivity contribution is 0.195. The van der Waals surface area contributed by atoms with Crippen LogP contribution in [-0.2, 0) is 9.84 Å². The molecule has 32 heavy (non-hydrogen) atoms. The first kappa shape index (κ1) is 26.1. The van der Waals surface area contributed by atoms with Crippen molar-refractivity contribution in [1.29, 1.82) is 0 Å². The van der Waals surface area contributed by atoms with Gasteiger partial charge in [0.25, 0.3) is 0 Å². The van der Waals surface area contributed by atoms with Crippen LogP contribution in [-0.4, -0.2) is 32.6 Å². The van der Waals surface area contributed by atoms with Crippen LogP contribution < -0.4 is 4.90 Å². The van der Waals surface area contributed by atoms with Crippen molar-refractivity contribution >= 4 is 27.7 Å².